The first kappa shape index (κ1) is 17.7. The van der Waals surface area contributed by atoms with Crippen molar-refractivity contribution in [1.82, 2.24) is 9.97 Å². The van der Waals surface area contributed by atoms with E-state index in [2.05, 4.69) is 9.97 Å². The predicted molar refractivity (Wildman–Crippen MR) is 107 cm³/mol. The Morgan fingerprint density at radius 1 is 1.00 bits per heavy atom. The lowest BCUT2D eigenvalue weighted by Gasteiger charge is -2.10. The number of hydrogen-bond donors (Lipinski definition) is 1. The molecule has 138 valence electrons. The molecule has 28 heavy (non-hydrogen) atoms. The molecular formula is C23H18N2O3. The first-order chi connectivity index (χ1) is 13.6. The van der Waals surface area contributed by atoms with Gasteiger partial charge in [0.2, 0.25) is 5.78 Å². The summed E-state index contributed by atoms with van der Waals surface area (Å²) in [4.78, 5) is 32.4. The Labute approximate surface area is 162 Å². The Balaban J connectivity index is 1.67. The van der Waals surface area contributed by atoms with Crippen LogP contribution in [0, 0.1) is 6.92 Å². The van der Waals surface area contributed by atoms with E-state index in [1.165, 1.54) is 0 Å². The number of pyridine rings is 1. The minimum Gasteiger partial charge on any atom is -0.454 e. The van der Waals surface area contributed by atoms with E-state index in [9.17, 15) is 9.59 Å². The largest absolute Gasteiger partial charge is 0.454 e. The fraction of sp³-hybridized carbons (Fsp3) is 0.0870. The number of nitrogens with one attached hydrogen (secondary N) is 1. The van der Waals surface area contributed by atoms with Crippen molar-refractivity contribution in [3.8, 4) is 11.3 Å². The van der Waals surface area contributed by atoms with Crippen LogP contribution in [0.5, 0.6) is 0 Å². The number of hydrogen-bond acceptors (Lipinski definition) is 4. The molecule has 0 aliphatic carbocycles. The summed E-state index contributed by atoms with van der Waals surface area (Å²) in [5.74, 6) is -0.831. The molecule has 0 amide bonds. The lowest BCUT2D eigenvalue weighted by Crippen LogP contribution is -2.15. The fourth-order valence-corrected chi connectivity index (χ4v) is 3.01. The highest BCUT2D eigenvalue weighted by Crippen LogP contribution is 2.25. The van der Waals surface area contributed by atoms with Crippen molar-refractivity contribution in [3.63, 3.8) is 0 Å². The Morgan fingerprint density at radius 2 is 1.79 bits per heavy atom. The highest BCUT2D eigenvalue weighted by atomic mass is 16.5. The minimum atomic E-state index is -0.549. The molecule has 0 unspecified atom stereocenters. The molecule has 0 bridgehead atoms. The van der Waals surface area contributed by atoms with Crippen LogP contribution in [-0.4, -0.2) is 28.3 Å². The maximum atomic E-state index is 12.8. The highest BCUT2D eigenvalue weighted by molar-refractivity contribution is 6.06. The van der Waals surface area contributed by atoms with Crippen LogP contribution in [0.4, 0.5) is 0 Å². The van der Waals surface area contributed by atoms with E-state index in [0.717, 1.165) is 11.1 Å². The molecule has 0 radical (unpaired) electrons. The summed E-state index contributed by atoms with van der Waals surface area (Å²) in [7, 11) is 0. The molecule has 2 aromatic heterocycles. The number of aromatic nitrogens is 2. The monoisotopic (exact) mass is 370 g/mol. The molecule has 0 saturated heterocycles. The van der Waals surface area contributed by atoms with E-state index < -0.39 is 5.97 Å². The number of rotatable bonds is 5. The van der Waals surface area contributed by atoms with Crippen molar-refractivity contribution >= 4 is 22.7 Å². The van der Waals surface area contributed by atoms with E-state index >= 15 is 0 Å². The summed E-state index contributed by atoms with van der Waals surface area (Å²) in [6, 6.07) is 20.4. The summed E-state index contributed by atoms with van der Waals surface area (Å²) in [6.45, 7) is 1.69. The number of H-pyrrole nitrogens is 1. The molecule has 2 heterocycles. The molecule has 4 aromatic rings. The lowest BCUT2D eigenvalue weighted by molar-refractivity contribution is 0.0475. The van der Waals surface area contributed by atoms with Gasteiger partial charge in [-0.1, -0.05) is 48.0 Å². The second kappa shape index (κ2) is 7.48. The summed E-state index contributed by atoms with van der Waals surface area (Å²) < 4.78 is 5.30. The van der Waals surface area contributed by atoms with Crippen molar-refractivity contribution in [2.75, 3.05) is 6.61 Å². The van der Waals surface area contributed by atoms with Crippen LogP contribution in [0.1, 0.15) is 26.4 Å². The number of benzene rings is 2. The van der Waals surface area contributed by atoms with Gasteiger partial charge in [-0.3, -0.25) is 4.79 Å². The molecule has 0 spiro atoms. The molecule has 4 rings (SSSR count). The van der Waals surface area contributed by atoms with Crippen LogP contribution < -0.4 is 0 Å². The van der Waals surface area contributed by atoms with Gasteiger partial charge in [0.1, 0.15) is 0 Å². The number of ether oxygens (including phenoxy) is 1. The van der Waals surface area contributed by atoms with Gasteiger partial charge < -0.3 is 9.72 Å². The van der Waals surface area contributed by atoms with Gasteiger partial charge in [0, 0.05) is 17.1 Å². The van der Waals surface area contributed by atoms with E-state index in [1.807, 2.05) is 55.5 Å². The number of esters is 1. The number of para-hydroxylation sites is 1. The maximum absolute atomic E-state index is 12.8. The second-order valence-corrected chi connectivity index (χ2v) is 6.52. The van der Waals surface area contributed by atoms with Crippen LogP contribution in [-0.2, 0) is 4.74 Å². The van der Waals surface area contributed by atoms with Crippen molar-refractivity contribution in [2.45, 2.75) is 6.92 Å². The molecule has 1 N–H and O–H groups in total. The summed E-state index contributed by atoms with van der Waals surface area (Å²) in [5, 5.41) is 0.690. The minimum absolute atomic E-state index is 0.282. The van der Waals surface area contributed by atoms with Crippen LogP contribution in [0.15, 0.2) is 72.9 Å². The summed E-state index contributed by atoms with van der Waals surface area (Å²) in [6.07, 6.45) is 1.65. The molecule has 5 heteroatoms. The first-order valence-corrected chi connectivity index (χ1v) is 8.92. The molecular weight excluding hydrogens is 352 g/mol. The predicted octanol–water partition coefficient (Wildman–Crippen LogP) is 4.58. The second-order valence-electron chi connectivity index (χ2n) is 6.52. The third kappa shape index (κ3) is 3.55. The van der Waals surface area contributed by atoms with Gasteiger partial charge in [0.15, 0.2) is 6.61 Å². The van der Waals surface area contributed by atoms with E-state index in [4.69, 9.17) is 4.74 Å². The number of ketones is 1. The van der Waals surface area contributed by atoms with Crippen LogP contribution in [0.25, 0.3) is 22.2 Å². The Kier molecular flexibility index (Phi) is 4.72. The van der Waals surface area contributed by atoms with Gasteiger partial charge in [0.05, 0.1) is 22.5 Å². The molecule has 2 aromatic carbocycles. The fourth-order valence-electron chi connectivity index (χ4n) is 3.01. The SMILES string of the molecule is Cc1ccc(-c2cc(C(=O)OCC(=O)c3ccc[nH]3)c3ccccc3n2)cc1. The zero-order chi connectivity index (χ0) is 19.5. The van der Waals surface area contributed by atoms with Crippen LogP contribution in [0.2, 0.25) is 0 Å². The van der Waals surface area contributed by atoms with Crippen LogP contribution in [0.3, 0.4) is 0 Å². The number of Topliss-reactive ketones (excluding diaryl/α,β-unsaturated/α-hetero) is 1. The van der Waals surface area contributed by atoms with Gasteiger partial charge in [-0.2, -0.15) is 0 Å². The zero-order valence-electron chi connectivity index (χ0n) is 15.3. The zero-order valence-corrected chi connectivity index (χ0v) is 15.3. The molecule has 0 saturated carbocycles. The normalized spacial score (nSPS) is 10.8. The number of nitrogens with zero attached hydrogens (tertiary/aromatic N) is 1. The van der Waals surface area contributed by atoms with Crippen molar-refractivity contribution in [2.24, 2.45) is 0 Å². The third-order valence-electron chi connectivity index (χ3n) is 4.52. The van der Waals surface area contributed by atoms with Crippen LogP contribution >= 0.6 is 0 Å². The van der Waals surface area contributed by atoms with Gasteiger partial charge in [-0.25, -0.2) is 9.78 Å². The van der Waals surface area contributed by atoms with Gasteiger partial charge in [0.25, 0.3) is 0 Å². The average molecular weight is 370 g/mol. The van der Waals surface area contributed by atoms with E-state index in [0.29, 0.717) is 27.9 Å². The van der Waals surface area contributed by atoms with Gasteiger partial charge in [-0.05, 0) is 31.2 Å². The van der Waals surface area contributed by atoms with Gasteiger partial charge >= 0.3 is 5.97 Å². The third-order valence-corrected chi connectivity index (χ3v) is 4.52. The Hall–Kier alpha value is -3.73. The number of aryl methyl sites for hydroxylation is 1. The molecule has 0 atom stereocenters. The number of carbonyl (C=O) groups is 2. The standard InChI is InChI=1S/C23H18N2O3/c1-15-8-10-16(11-9-15)21-13-18(17-5-2-3-6-19(17)25-21)23(27)28-14-22(26)20-7-4-12-24-20/h2-13,24H,14H2,1H3. The average Bonchev–Trinajstić information content (AvgIpc) is 3.26. The summed E-state index contributed by atoms with van der Waals surface area (Å²) >= 11 is 0. The quantitative estimate of drug-likeness (QED) is 0.412. The maximum Gasteiger partial charge on any atom is 0.339 e. The lowest BCUT2D eigenvalue weighted by atomic mass is 10.0. The Morgan fingerprint density at radius 3 is 2.54 bits per heavy atom. The van der Waals surface area contributed by atoms with Crippen molar-refractivity contribution in [3.05, 3.63) is 89.7 Å². The number of aromatic amines is 1. The molecule has 5 nitrogen and oxygen atoms in total. The smallest absolute Gasteiger partial charge is 0.339 e. The van der Waals surface area contributed by atoms with Crippen molar-refractivity contribution in [1.29, 1.82) is 0 Å². The van der Waals surface area contributed by atoms with Crippen molar-refractivity contribution < 1.29 is 14.3 Å². The topological polar surface area (TPSA) is 72.1 Å². The Bertz CT molecular complexity index is 1150. The highest BCUT2D eigenvalue weighted by Gasteiger charge is 2.17. The first-order valence-electron chi connectivity index (χ1n) is 8.92. The van der Waals surface area contributed by atoms with Gasteiger partial charge in [-0.15, -0.1) is 0 Å². The number of fused-ring (bicyclic) bond motifs is 1. The summed E-state index contributed by atoms with van der Waals surface area (Å²) in [5.41, 5.74) is 4.23. The van der Waals surface area contributed by atoms with E-state index in [1.54, 1.807) is 24.4 Å². The van der Waals surface area contributed by atoms with E-state index in [-0.39, 0.29) is 12.4 Å². The molecule has 0 fully saturated rings. The number of carbonyl (C=O) groups excluding carboxylic acids is 2. The molecule has 0 aliphatic rings. The molecule has 0 aliphatic heterocycles.